The lowest BCUT2D eigenvalue weighted by Crippen LogP contribution is -2.52. The summed E-state index contributed by atoms with van der Waals surface area (Å²) in [5, 5.41) is 2.41. The van der Waals surface area contributed by atoms with E-state index < -0.39 is 35.8 Å². The van der Waals surface area contributed by atoms with Crippen LogP contribution in [0.5, 0.6) is 0 Å². The fourth-order valence-electron chi connectivity index (χ4n) is 2.47. The highest BCUT2D eigenvalue weighted by molar-refractivity contribution is 5.81. The van der Waals surface area contributed by atoms with Crippen molar-refractivity contribution in [3.05, 3.63) is 0 Å². The van der Waals surface area contributed by atoms with Gasteiger partial charge in [-0.05, 0) is 46.7 Å². The summed E-state index contributed by atoms with van der Waals surface area (Å²) in [6.07, 6.45) is -5.01. The lowest BCUT2D eigenvalue weighted by atomic mass is 9.96. The Labute approximate surface area is 139 Å². The summed E-state index contributed by atoms with van der Waals surface area (Å²) in [4.78, 5) is 25.3. The molecule has 0 aromatic carbocycles. The largest absolute Gasteiger partial charge is 0.467 e. The minimum absolute atomic E-state index is 0.0240. The van der Waals surface area contributed by atoms with Gasteiger partial charge in [0.25, 0.3) is 0 Å². The summed E-state index contributed by atoms with van der Waals surface area (Å²) in [7, 11) is 1.18. The molecule has 1 N–H and O–H groups in total. The van der Waals surface area contributed by atoms with Gasteiger partial charge in [0, 0.05) is 6.54 Å². The SMILES string of the molecule is COC(=O)[C@H](CN1CCC(C(F)(F)F)CC1)NC(=O)OC(C)(C)C. The number of methoxy groups -OCH3 is 1. The Bertz CT molecular complexity index is 441. The predicted molar refractivity (Wildman–Crippen MR) is 80.4 cm³/mol. The topological polar surface area (TPSA) is 67.9 Å². The fourth-order valence-corrected chi connectivity index (χ4v) is 2.47. The van der Waals surface area contributed by atoms with E-state index in [0.29, 0.717) is 0 Å². The Hall–Kier alpha value is -1.51. The summed E-state index contributed by atoms with van der Waals surface area (Å²) in [6.45, 7) is 5.53. The highest BCUT2D eigenvalue weighted by Crippen LogP contribution is 2.34. The summed E-state index contributed by atoms with van der Waals surface area (Å²) < 4.78 is 47.8. The van der Waals surface area contributed by atoms with E-state index in [1.807, 2.05) is 0 Å². The van der Waals surface area contributed by atoms with Crippen LogP contribution in [0.15, 0.2) is 0 Å². The van der Waals surface area contributed by atoms with Crippen LogP contribution in [0.3, 0.4) is 0 Å². The smallest absolute Gasteiger partial charge is 0.408 e. The number of ether oxygens (including phenoxy) is 2. The van der Waals surface area contributed by atoms with Crippen molar-refractivity contribution in [2.24, 2.45) is 5.92 Å². The fraction of sp³-hybridized carbons (Fsp3) is 0.867. The molecule has 1 rings (SSSR count). The Morgan fingerprint density at radius 2 is 1.75 bits per heavy atom. The van der Waals surface area contributed by atoms with Gasteiger partial charge in [-0.1, -0.05) is 0 Å². The second-order valence-corrected chi connectivity index (χ2v) is 6.84. The van der Waals surface area contributed by atoms with Crippen LogP contribution in [0.4, 0.5) is 18.0 Å². The molecule has 0 unspecified atom stereocenters. The van der Waals surface area contributed by atoms with Gasteiger partial charge in [-0.2, -0.15) is 13.2 Å². The van der Waals surface area contributed by atoms with Crippen molar-refractivity contribution in [3.63, 3.8) is 0 Å². The first-order valence-corrected chi connectivity index (χ1v) is 7.79. The predicted octanol–water partition coefficient (Wildman–Crippen LogP) is 2.33. The van der Waals surface area contributed by atoms with E-state index in [1.165, 1.54) is 7.11 Å². The van der Waals surface area contributed by atoms with Crippen molar-refractivity contribution >= 4 is 12.1 Å². The molecule has 1 heterocycles. The van der Waals surface area contributed by atoms with Gasteiger partial charge in [0.1, 0.15) is 11.6 Å². The second-order valence-electron chi connectivity index (χ2n) is 6.84. The molecular formula is C15H25F3N2O4. The van der Waals surface area contributed by atoms with Crippen molar-refractivity contribution in [2.75, 3.05) is 26.7 Å². The Balaban J connectivity index is 2.59. The first-order chi connectivity index (χ1) is 10.9. The van der Waals surface area contributed by atoms with E-state index in [1.54, 1.807) is 25.7 Å². The molecule has 1 atom stereocenters. The monoisotopic (exact) mass is 354 g/mol. The maximum atomic E-state index is 12.7. The number of carbonyl (C=O) groups is 2. The van der Waals surface area contributed by atoms with Crippen LogP contribution in [0.25, 0.3) is 0 Å². The molecule has 0 bridgehead atoms. The molecule has 6 nitrogen and oxygen atoms in total. The molecule has 1 aliphatic rings. The molecule has 0 aromatic heterocycles. The van der Waals surface area contributed by atoms with Crippen molar-refractivity contribution in [1.82, 2.24) is 10.2 Å². The summed E-state index contributed by atoms with van der Waals surface area (Å²) in [5.41, 5.74) is -0.726. The van der Waals surface area contributed by atoms with Gasteiger partial charge in [0.05, 0.1) is 13.0 Å². The average molecular weight is 354 g/mol. The summed E-state index contributed by atoms with van der Waals surface area (Å²) in [6, 6.07) is -0.993. The number of piperidine rings is 1. The van der Waals surface area contributed by atoms with Gasteiger partial charge >= 0.3 is 18.2 Å². The Kier molecular flexibility index (Phi) is 6.88. The molecule has 1 amide bonds. The highest BCUT2D eigenvalue weighted by atomic mass is 19.4. The van der Waals surface area contributed by atoms with Crippen LogP contribution in [-0.2, 0) is 14.3 Å². The number of alkyl halides is 3. The van der Waals surface area contributed by atoms with Crippen LogP contribution in [0, 0.1) is 5.92 Å². The molecule has 0 spiro atoms. The number of hydrogen-bond acceptors (Lipinski definition) is 5. The molecule has 0 aromatic rings. The van der Waals surface area contributed by atoms with E-state index in [2.05, 4.69) is 10.1 Å². The third-order valence-electron chi connectivity index (χ3n) is 3.67. The number of carbonyl (C=O) groups excluding carboxylic acids is 2. The lowest BCUT2D eigenvalue weighted by molar-refractivity contribution is -0.185. The molecular weight excluding hydrogens is 329 g/mol. The molecule has 0 saturated carbocycles. The number of amides is 1. The molecule has 1 saturated heterocycles. The number of halogens is 3. The standard InChI is InChI=1S/C15H25F3N2O4/c1-14(2,3)24-13(22)19-11(12(21)23-4)9-20-7-5-10(6-8-20)15(16,17)18/h10-11H,5-9H2,1-4H3,(H,19,22)/t11-/m0/s1. The van der Waals surface area contributed by atoms with Gasteiger partial charge in [-0.3, -0.25) is 0 Å². The van der Waals surface area contributed by atoms with Gasteiger partial charge in [0.2, 0.25) is 0 Å². The first-order valence-electron chi connectivity index (χ1n) is 7.79. The zero-order valence-electron chi connectivity index (χ0n) is 14.4. The highest BCUT2D eigenvalue weighted by Gasteiger charge is 2.41. The Morgan fingerprint density at radius 3 is 2.17 bits per heavy atom. The number of nitrogens with zero attached hydrogens (tertiary/aromatic N) is 1. The summed E-state index contributed by atoms with van der Waals surface area (Å²) >= 11 is 0. The third-order valence-corrected chi connectivity index (χ3v) is 3.67. The van der Waals surface area contributed by atoms with Gasteiger partial charge in [0.15, 0.2) is 0 Å². The van der Waals surface area contributed by atoms with Crippen LogP contribution in [0.1, 0.15) is 33.6 Å². The maximum absolute atomic E-state index is 12.7. The van der Waals surface area contributed by atoms with E-state index in [9.17, 15) is 22.8 Å². The molecule has 0 radical (unpaired) electrons. The molecule has 1 aliphatic heterocycles. The lowest BCUT2D eigenvalue weighted by Gasteiger charge is -2.34. The summed E-state index contributed by atoms with van der Waals surface area (Å²) in [5.74, 6) is -1.98. The Morgan fingerprint density at radius 1 is 1.21 bits per heavy atom. The van der Waals surface area contributed by atoms with Crippen molar-refractivity contribution in [2.45, 2.75) is 51.4 Å². The molecule has 140 valence electrons. The van der Waals surface area contributed by atoms with Gasteiger partial charge in [-0.25, -0.2) is 9.59 Å². The number of alkyl carbamates (subject to hydrolysis) is 1. The maximum Gasteiger partial charge on any atom is 0.408 e. The van der Waals surface area contributed by atoms with E-state index >= 15 is 0 Å². The quantitative estimate of drug-likeness (QED) is 0.785. The van der Waals surface area contributed by atoms with E-state index in [4.69, 9.17) is 4.74 Å². The number of nitrogens with one attached hydrogen (secondary N) is 1. The van der Waals surface area contributed by atoms with Gasteiger partial charge < -0.3 is 19.7 Å². The van der Waals surface area contributed by atoms with Crippen LogP contribution in [-0.4, -0.2) is 61.5 Å². The molecule has 0 aliphatic carbocycles. The van der Waals surface area contributed by atoms with Crippen LogP contribution in [0.2, 0.25) is 0 Å². The van der Waals surface area contributed by atoms with E-state index in [-0.39, 0.29) is 32.5 Å². The third kappa shape index (κ3) is 6.94. The average Bonchev–Trinajstić information content (AvgIpc) is 2.43. The van der Waals surface area contributed by atoms with Crippen LogP contribution >= 0.6 is 0 Å². The van der Waals surface area contributed by atoms with E-state index in [0.717, 1.165) is 0 Å². The molecule has 24 heavy (non-hydrogen) atoms. The number of esters is 1. The van der Waals surface area contributed by atoms with Crippen molar-refractivity contribution in [3.8, 4) is 0 Å². The number of rotatable bonds is 4. The first kappa shape index (κ1) is 20.5. The van der Waals surface area contributed by atoms with Crippen molar-refractivity contribution in [1.29, 1.82) is 0 Å². The minimum atomic E-state index is -4.19. The zero-order chi connectivity index (χ0) is 18.5. The number of likely N-dealkylation sites (tertiary alicyclic amines) is 1. The molecule has 9 heteroatoms. The minimum Gasteiger partial charge on any atom is -0.467 e. The second kappa shape index (κ2) is 8.04. The zero-order valence-corrected chi connectivity index (χ0v) is 14.4. The van der Waals surface area contributed by atoms with Gasteiger partial charge in [-0.15, -0.1) is 0 Å². The number of hydrogen-bond donors (Lipinski definition) is 1. The van der Waals surface area contributed by atoms with Crippen LogP contribution < -0.4 is 5.32 Å². The molecule has 1 fully saturated rings. The normalized spacial score (nSPS) is 18.8. The van der Waals surface area contributed by atoms with Crippen molar-refractivity contribution < 1.29 is 32.2 Å².